The highest BCUT2D eigenvalue weighted by Gasteiger charge is 2.51. The fourth-order valence-electron chi connectivity index (χ4n) is 2.48. The molecule has 0 spiro atoms. The van der Waals surface area contributed by atoms with Gasteiger partial charge < -0.3 is 20.4 Å². The number of hydrogen-bond donors (Lipinski definition) is 4. The van der Waals surface area contributed by atoms with Crippen molar-refractivity contribution in [2.75, 3.05) is 0 Å². The van der Waals surface area contributed by atoms with Gasteiger partial charge in [0.1, 0.15) is 0 Å². The lowest BCUT2D eigenvalue weighted by atomic mass is 9.71. The summed E-state index contributed by atoms with van der Waals surface area (Å²) in [7, 11) is 0. The Morgan fingerprint density at radius 3 is 1.88 bits per heavy atom. The molecule has 1 fully saturated rings. The Labute approximate surface area is 100 Å². The van der Waals surface area contributed by atoms with Crippen molar-refractivity contribution in [1.82, 2.24) is 0 Å². The minimum Gasteiger partial charge on any atom is -0.365 e. The van der Waals surface area contributed by atoms with Crippen molar-refractivity contribution in [3.8, 4) is 0 Å². The van der Waals surface area contributed by atoms with Crippen LogP contribution in [0.4, 0.5) is 0 Å². The van der Waals surface area contributed by atoms with Crippen LogP contribution >= 0.6 is 0 Å². The van der Waals surface area contributed by atoms with Crippen molar-refractivity contribution in [1.29, 1.82) is 0 Å². The summed E-state index contributed by atoms with van der Waals surface area (Å²) < 4.78 is 0. The highest BCUT2D eigenvalue weighted by Crippen LogP contribution is 2.44. The van der Waals surface area contributed by atoms with Crippen LogP contribution in [-0.4, -0.2) is 32.0 Å². The van der Waals surface area contributed by atoms with Crippen LogP contribution in [0.1, 0.15) is 31.2 Å². The van der Waals surface area contributed by atoms with E-state index in [1.54, 1.807) is 0 Å². The van der Waals surface area contributed by atoms with E-state index in [2.05, 4.69) is 0 Å². The minimum atomic E-state index is -2.05. The molecule has 4 N–H and O–H groups in total. The first-order valence-electron chi connectivity index (χ1n) is 5.77. The van der Waals surface area contributed by atoms with Gasteiger partial charge in [0, 0.05) is 12.8 Å². The van der Waals surface area contributed by atoms with Gasteiger partial charge in [-0.05, 0) is 11.5 Å². The summed E-state index contributed by atoms with van der Waals surface area (Å²) in [5, 5.41) is 39.4. The highest BCUT2D eigenvalue weighted by atomic mass is 16.5. The van der Waals surface area contributed by atoms with Crippen molar-refractivity contribution in [2.24, 2.45) is 5.92 Å². The van der Waals surface area contributed by atoms with Crippen molar-refractivity contribution < 1.29 is 20.4 Å². The standard InChI is InChI=1S/C13H18O4/c1-9-12(14,15)7-11(8-13(9,16)17)10-5-3-2-4-6-10/h2-6,9,11,14-17H,7-8H2,1H3. The lowest BCUT2D eigenvalue weighted by Gasteiger charge is -2.45. The average Bonchev–Trinajstić information content (AvgIpc) is 2.26. The fourth-order valence-corrected chi connectivity index (χ4v) is 2.48. The molecule has 2 rings (SSSR count). The van der Waals surface area contributed by atoms with Crippen LogP contribution < -0.4 is 0 Å². The molecule has 1 saturated carbocycles. The molecule has 0 amide bonds. The lowest BCUT2D eigenvalue weighted by Crippen LogP contribution is -2.56. The van der Waals surface area contributed by atoms with Crippen molar-refractivity contribution in [2.45, 2.75) is 37.3 Å². The molecule has 0 aromatic heterocycles. The largest absolute Gasteiger partial charge is 0.365 e. The molecular formula is C13H18O4. The summed E-state index contributed by atoms with van der Waals surface area (Å²) >= 11 is 0. The third kappa shape index (κ3) is 2.35. The molecule has 1 aromatic carbocycles. The van der Waals surface area contributed by atoms with E-state index in [4.69, 9.17) is 0 Å². The Bertz CT molecular complexity index is 368. The molecular weight excluding hydrogens is 220 g/mol. The molecule has 0 aliphatic heterocycles. The third-order valence-corrected chi connectivity index (χ3v) is 3.75. The van der Waals surface area contributed by atoms with Crippen molar-refractivity contribution in [3.63, 3.8) is 0 Å². The molecule has 17 heavy (non-hydrogen) atoms. The molecule has 4 heteroatoms. The number of benzene rings is 1. The molecule has 4 nitrogen and oxygen atoms in total. The summed E-state index contributed by atoms with van der Waals surface area (Å²) in [5.74, 6) is -5.36. The van der Waals surface area contributed by atoms with E-state index in [0.717, 1.165) is 5.56 Å². The van der Waals surface area contributed by atoms with Crippen molar-refractivity contribution in [3.05, 3.63) is 35.9 Å². The highest BCUT2D eigenvalue weighted by molar-refractivity contribution is 5.21. The Hall–Kier alpha value is -0.940. The van der Waals surface area contributed by atoms with Crippen LogP contribution in [0.15, 0.2) is 30.3 Å². The van der Waals surface area contributed by atoms with E-state index in [0.29, 0.717) is 0 Å². The van der Waals surface area contributed by atoms with E-state index >= 15 is 0 Å². The predicted molar refractivity (Wildman–Crippen MR) is 61.9 cm³/mol. The maximum atomic E-state index is 9.85. The van der Waals surface area contributed by atoms with E-state index in [-0.39, 0.29) is 18.8 Å². The Morgan fingerprint density at radius 2 is 1.41 bits per heavy atom. The first kappa shape index (κ1) is 12.5. The summed E-state index contributed by atoms with van der Waals surface area (Å²) in [6.45, 7) is 1.43. The molecule has 0 unspecified atom stereocenters. The molecule has 0 atom stereocenters. The maximum absolute atomic E-state index is 9.85. The Kier molecular flexibility index (Phi) is 2.99. The van der Waals surface area contributed by atoms with Gasteiger partial charge in [-0.2, -0.15) is 0 Å². The fraction of sp³-hybridized carbons (Fsp3) is 0.538. The molecule has 0 radical (unpaired) electrons. The average molecular weight is 238 g/mol. The normalized spacial score (nSPS) is 31.1. The quantitative estimate of drug-likeness (QED) is 0.539. The second kappa shape index (κ2) is 4.07. The number of rotatable bonds is 1. The van der Waals surface area contributed by atoms with Gasteiger partial charge in [-0.3, -0.25) is 0 Å². The van der Waals surface area contributed by atoms with Crippen LogP contribution in [0.2, 0.25) is 0 Å². The molecule has 94 valence electrons. The van der Waals surface area contributed by atoms with Gasteiger partial charge in [0.05, 0.1) is 5.92 Å². The topological polar surface area (TPSA) is 80.9 Å². The minimum absolute atomic E-state index is 0.112. The SMILES string of the molecule is CC1C(O)(O)CC(c2ccccc2)CC1(O)O. The Balaban J connectivity index is 2.28. The van der Waals surface area contributed by atoms with Crippen LogP contribution in [0.5, 0.6) is 0 Å². The molecule has 1 aliphatic carbocycles. The van der Waals surface area contributed by atoms with Gasteiger partial charge in [0.15, 0.2) is 11.6 Å². The predicted octanol–water partition coefficient (Wildman–Crippen LogP) is 0.562. The number of hydrogen-bond acceptors (Lipinski definition) is 4. The molecule has 1 aliphatic rings. The van der Waals surface area contributed by atoms with E-state index in [9.17, 15) is 20.4 Å². The first-order chi connectivity index (χ1) is 7.83. The van der Waals surface area contributed by atoms with Gasteiger partial charge in [0.25, 0.3) is 0 Å². The maximum Gasteiger partial charge on any atom is 0.170 e. The smallest absolute Gasteiger partial charge is 0.170 e. The van der Waals surface area contributed by atoms with Gasteiger partial charge in [-0.1, -0.05) is 37.3 Å². The van der Waals surface area contributed by atoms with E-state index in [1.165, 1.54) is 6.92 Å². The lowest BCUT2D eigenvalue weighted by molar-refractivity contribution is -0.323. The molecule has 0 bridgehead atoms. The monoisotopic (exact) mass is 238 g/mol. The van der Waals surface area contributed by atoms with Crippen molar-refractivity contribution >= 4 is 0 Å². The first-order valence-corrected chi connectivity index (χ1v) is 5.77. The van der Waals surface area contributed by atoms with Crippen LogP contribution in [0.3, 0.4) is 0 Å². The summed E-state index contributed by atoms with van der Waals surface area (Å²) in [5.41, 5.74) is 0.888. The third-order valence-electron chi connectivity index (χ3n) is 3.75. The molecule has 0 heterocycles. The van der Waals surface area contributed by atoms with Crippen LogP contribution in [0.25, 0.3) is 0 Å². The molecule has 1 aromatic rings. The van der Waals surface area contributed by atoms with Gasteiger partial charge in [0.2, 0.25) is 0 Å². The second-order valence-corrected chi connectivity index (χ2v) is 4.99. The van der Waals surface area contributed by atoms with Gasteiger partial charge in [-0.15, -0.1) is 0 Å². The number of aliphatic hydroxyl groups is 4. The van der Waals surface area contributed by atoms with Gasteiger partial charge in [-0.25, -0.2) is 0 Å². The molecule has 0 saturated heterocycles. The zero-order chi connectivity index (χ0) is 12.7. The Morgan fingerprint density at radius 1 is 0.941 bits per heavy atom. The zero-order valence-corrected chi connectivity index (χ0v) is 9.74. The van der Waals surface area contributed by atoms with E-state index in [1.807, 2.05) is 30.3 Å². The summed E-state index contributed by atoms with van der Waals surface area (Å²) in [6.07, 6.45) is 0.224. The zero-order valence-electron chi connectivity index (χ0n) is 9.74. The van der Waals surface area contributed by atoms with Crippen LogP contribution in [-0.2, 0) is 0 Å². The van der Waals surface area contributed by atoms with E-state index < -0.39 is 17.5 Å². The summed E-state index contributed by atoms with van der Waals surface area (Å²) in [6, 6.07) is 9.27. The second-order valence-electron chi connectivity index (χ2n) is 4.99. The van der Waals surface area contributed by atoms with Gasteiger partial charge >= 0.3 is 0 Å². The summed E-state index contributed by atoms with van der Waals surface area (Å²) in [4.78, 5) is 0. The van der Waals surface area contributed by atoms with Crippen LogP contribution in [0, 0.1) is 5.92 Å².